The quantitative estimate of drug-likeness (QED) is 0.873. The van der Waals surface area contributed by atoms with Crippen LogP contribution in [0.1, 0.15) is 52.0 Å². The molecular formula is C19H28N2O2. The van der Waals surface area contributed by atoms with Crippen molar-refractivity contribution in [3.05, 3.63) is 29.8 Å². The molecule has 0 unspecified atom stereocenters. The van der Waals surface area contributed by atoms with Gasteiger partial charge in [-0.05, 0) is 57.6 Å². The molecule has 1 fully saturated rings. The molecule has 0 aromatic heterocycles. The van der Waals surface area contributed by atoms with Crippen LogP contribution >= 0.6 is 0 Å². The van der Waals surface area contributed by atoms with Crippen LogP contribution in [0.25, 0.3) is 0 Å². The van der Waals surface area contributed by atoms with Crippen LogP contribution in [0.2, 0.25) is 0 Å². The van der Waals surface area contributed by atoms with Crippen molar-refractivity contribution in [2.24, 2.45) is 11.8 Å². The first-order valence-electron chi connectivity index (χ1n) is 8.70. The number of nitrogens with one attached hydrogen (secondary N) is 2. The minimum Gasteiger partial charge on any atom is -0.354 e. The summed E-state index contributed by atoms with van der Waals surface area (Å²) in [5.74, 6) is 0.302. The second-order valence-corrected chi connectivity index (χ2v) is 6.71. The fourth-order valence-electron chi connectivity index (χ4n) is 3.21. The average molecular weight is 316 g/mol. The number of anilines is 1. The van der Waals surface area contributed by atoms with Crippen LogP contribution in [0, 0.1) is 11.8 Å². The first-order chi connectivity index (χ1) is 11.0. The summed E-state index contributed by atoms with van der Waals surface area (Å²) < 4.78 is 0. The number of hydrogen-bond donors (Lipinski definition) is 2. The Balaban J connectivity index is 1.87. The summed E-state index contributed by atoms with van der Waals surface area (Å²) in [4.78, 5) is 24.5. The molecule has 0 spiro atoms. The standard InChI is InChI=1S/C19H28N2O2/c1-4-14-7-5-6-8-17(14)21-19(23)16-11-9-15(10-12-16)18(22)20-13(2)3/h5-8,13,15-16H,4,9-12H2,1-3H3,(H,20,22)(H,21,23). The highest BCUT2D eigenvalue weighted by atomic mass is 16.2. The largest absolute Gasteiger partial charge is 0.354 e. The summed E-state index contributed by atoms with van der Waals surface area (Å²) >= 11 is 0. The molecule has 0 saturated heterocycles. The molecule has 0 heterocycles. The number of amides is 2. The lowest BCUT2D eigenvalue weighted by Gasteiger charge is -2.27. The van der Waals surface area contributed by atoms with Gasteiger partial charge >= 0.3 is 0 Å². The van der Waals surface area contributed by atoms with Gasteiger partial charge in [0.2, 0.25) is 11.8 Å². The molecule has 1 aliphatic rings. The van der Waals surface area contributed by atoms with E-state index in [4.69, 9.17) is 0 Å². The Hall–Kier alpha value is -1.84. The minimum atomic E-state index is 0.0167. The fraction of sp³-hybridized carbons (Fsp3) is 0.579. The van der Waals surface area contributed by atoms with Gasteiger partial charge in [-0.2, -0.15) is 0 Å². The zero-order valence-electron chi connectivity index (χ0n) is 14.4. The van der Waals surface area contributed by atoms with Crippen molar-refractivity contribution in [3.63, 3.8) is 0 Å². The zero-order valence-corrected chi connectivity index (χ0v) is 14.4. The third-order valence-electron chi connectivity index (χ3n) is 4.56. The van der Waals surface area contributed by atoms with Crippen molar-refractivity contribution < 1.29 is 9.59 Å². The van der Waals surface area contributed by atoms with Gasteiger partial charge in [0.05, 0.1) is 0 Å². The third kappa shape index (κ3) is 4.81. The highest BCUT2D eigenvalue weighted by molar-refractivity contribution is 5.93. The van der Waals surface area contributed by atoms with Crippen LogP contribution in [-0.2, 0) is 16.0 Å². The number of carbonyl (C=O) groups is 2. The Labute approximate surface area is 139 Å². The summed E-state index contributed by atoms with van der Waals surface area (Å²) in [5.41, 5.74) is 2.07. The van der Waals surface area contributed by atoms with Gasteiger partial charge in [-0.15, -0.1) is 0 Å². The highest BCUT2D eigenvalue weighted by Crippen LogP contribution is 2.30. The topological polar surface area (TPSA) is 58.2 Å². The first kappa shape index (κ1) is 17.5. The van der Waals surface area contributed by atoms with Crippen LogP contribution in [0.4, 0.5) is 5.69 Å². The summed E-state index contributed by atoms with van der Waals surface area (Å²) in [5, 5.41) is 6.04. The van der Waals surface area contributed by atoms with Crippen molar-refractivity contribution in [3.8, 4) is 0 Å². The number of para-hydroxylation sites is 1. The Bertz CT molecular complexity index is 546. The van der Waals surface area contributed by atoms with E-state index in [1.807, 2.05) is 38.1 Å². The molecule has 1 aliphatic carbocycles. The maximum atomic E-state index is 12.5. The summed E-state index contributed by atoms with van der Waals surface area (Å²) in [6.07, 6.45) is 4.07. The van der Waals surface area contributed by atoms with Gasteiger partial charge in [0.15, 0.2) is 0 Å². The van der Waals surface area contributed by atoms with Crippen molar-refractivity contribution in [1.82, 2.24) is 5.32 Å². The van der Waals surface area contributed by atoms with Crippen LogP contribution in [0.3, 0.4) is 0 Å². The Kier molecular flexibility index (Phi) is 6.20. The predicted octanol–water partition coefficient (Wildman–Crippen LogP) is 3.52. The predicted molar refractivity (Wildman–Crippen MR) is 93.2 cm³/mol. The lowest BCUT2D eigenvalue weighted by Crippen LogP contribution is -2.38. The molecule has 0 aliphatic heterocycles. The molecule has 4 nitrogen and oxygen atoms in total. The molecule has 126 valence electrons. The lowest BCUT2D eigenvalue weighted by molar-refractivity contribution is -0.128. The van der Waals surface area contributed by atoms with Gasteiger partial charge in [0.1, 0.15) is 0 Å². The van der Waals surface area contributed by atoms with Crippen molar-refractivity contribution in [2.45, 2.75) is 58.9 Å². The van der Waals surface area contributed by atoms with E-state index in [9.17, 15) is 9.59 Å². The van der Waals surface area contributed by atoms with E-state index in [0.29, 0.717) is 0 Å². The zero-order chi connectivity index (χ0) is 16.8. The van der Waals surface area contributed by atoms with E-state index in [2.05, 4.69) is 17.6 Å². The third-order valence-corrected chi connectivity index (χ3v) is 4.56. The van der Waals surface area contributed by atoms with E-state index in [0.717, 1.165) is 43.4 Å². The van der Waals surface area contributed by atoms with E-state index in [1.165, 1.54) is 0 Å². The number of hydrogen-bond acceptors (Lipinski definition) is 2. The smallest absolute Gasteiger partial charge is 0.227 e. The van der Waals surface area contributed by atoms with Gasteiger partial charge in [0.25, 0.3) is 0 Å². The van der Waals surface area contributed by atoms with Gasteiger partial charge in [-0.1, -0.05) is 25.1 Å². The van der Waals surface area contributed by atoms with E-state index in [-0.39, 0.29) is 29.7 Å². The molecular weight excluding hydrogens is 288 g/mol. The van der Waals surface area contributed by atoms with Crippen LogP contribution in [0.5, 0.6) is 0 Å². The minimum absolute atomic E-state index is 0.0167. The Morgan fingerprint density at radius 1 is 1.04 bits per heavy atom. The second kappa shape index (κ2) is 8.14. The van der Waals surface area contributed by atoms with Gasteiger partial charge < -0.3 is 10.6 Å². The molecule has 1 saturated carbocycles. The molecule has 0 atom stereocenters. The molecule has 0 radical (unpaired) electrons. The average Bonchev–Trinajstić information content (AvgIpc) is 2.55. The molecule has 1 aromatic carbocycles. The van der Waals surface area contributed by atoms with Crippen molar-refractivity contribution in [2.75, 3.05) is 5.32 Å². The monoisotopic (exact) mass is 316 g/mol. The van der Waals surface area contributed by atoms with Crippen LogP contribution in [0.15, 0.2) is 24.3 Å². The maximum Gasteiger partial charge on any atom is 0.227 e. The normalized spacial score (nSPS) is 21.0. The Morgan fingerprint density at radius 2 is 1.61 bits per heavy atom. The summed E-state index contributed by atoms with van der Waals surface area (Å²) in [6.45, 7) is 6.04. The Morgan fingerprint density at radius 3 is 2.17 bits per heavy atom. The van der Waals surface area contributed by atoms with Gasteiger partial charge in [0, 0.05) is 23.6 Å². The van der Waals surface area contributed by atoms with E-state index >= 15 is 0 Å². The molecule has 2 N–H and O–H groups in total. The second-order valence-electron chi connectivity index (χ2n) is 6.71. The van der Waals surface area contributed by atoms with Crippen LogP contribution in [-0.4, -0.2) is 17.9 Å². The van der Waals surface area contributed by atoms with Crippen molar-refractivity contribution in [1.29, 1.82) is 0 Å². The molecule has 2 rings (SSSR count). The molecule has 23 heavy (non-hydrogen) atoms. The molecule has 0 bridgehead atoms. The maximum absolute atomic E-state index is 12.5. The van der Waals surface area contributed by atoms with Gasteiger partial charge in [-0.25, -0.2) is 0 Å². The van der Waals surface area contributed by atoms with Crippen molar-refractivity contribution >= 4 is 17.5 Å². The first-order valence-corrected chi connectivity index (χ1v) is 8.70. The molecule has 4 heteroatoms. The fourth-order valence-corrected chi connectivity index (χ4v) is 3.21. The molecule has 1 aromatic rings. The number of carbonyl (C=O) groups excluding carboxylic acids is 2. The number of rotatable bonds is 5. The molecule has 2 amide bonds. The highest BCUT2D eigenvalue weighted by Gasteiger charge is 2.30. The van der Waals surface area contributed by atoms with E-state index < -0.39 is 0 Å². The van der Waals surface area contributed by atoms with E-state index in [1.54, 1.807) is 0 Å². The van der Waals surface area contributed by atoms with Gasteiger partial charge in [-0.3, -0.25) is 9.59 Å². The number of aryl methyl sites for hydroxylation is 1. The SMILES string of the molecule is CCc1ccccc1NC(=O)C1CCC(C(=O)NC(C)C)CC1. The van der Waals surface area contributed by atoms with Crippen LogP contribution < -0.4 is 10.6 Å². The summed E-state index contributed by atoms with van der Waals surface area (Å²) in [7, 11) is 0. The lowest BCUT2D eigenvalue weighted by atomic mass is 9.81. The number of benzene rings is 1. The summed E-state index contributed by atoms with van der Waals surface area (Å²) in [6, 6.07) is 8.12.